The van der Waals surface area contributed by atoms with Crippen LogP contribution in [0.3, 0.4) is 0 Å². The zero-order valence-electron chi connectivity index (χ0n) is 20.1. The summed E-state index contributed by atoms with van der Waals surface area (Å²) in [6.45, 7) is 17.1. The molecular formula is C28H34N4O. The number of allylic oxidation sites excluding steroid dienone is 2. The molecule has 1 aliphatic rings. The topological polar surface area (TPSA) is 41.0 Å². The lowest BCUT2D eigenvalue weighted by Crippen LogP contribution is -2.47. The van der Waals surface area contributed by atoms with Gasteiger partial charge in [0.15, 0.2) is 0 Å². The Morgan fingerprint density at radius 2 is 2.06 bits per heavy atom. The lowest BCUT2D eigenvalue weighted by Gasteiger charge is -2.36. The van der Waals surface area contributed by atoms with E-state index in [1.54, 1.807) is 13.2 Å². The van der Waals surface area contributed by atoms with Crippen LogP contribution in [0.25, 0.3) is 5.57 Å². The second-order valence-corrected chi connectivity index (χ2v) is 8.17. The van der Waals surface area contributed by atoms with Crippen molar-refractivity contribution in [1.29, 1.82) is 0 Å². The van der Waals surface area contributed by atoms with E-state index in [9.17, 15) is 0 Å². The highest BCUT2D eigenvalue weighted by atomic mass is 16.5. The molecule has 1 aliphatic heterocycles. The first-order valence-electron chi connectivity index (χ1n) is 11.5. The van der Waals surface area contributed by atoms with Crippen LogP contribution in [0.2, 0.25) is 0 Å². The predicted molar refractivity (Wildman–Crippen MR) is 140 cm³/mol. The van der Waals surface area contributed by atoms with Gasteiger partial charge in [0.05, 0.1) is 18.5 Å². The number of aryl methyl sites for hydroxylation is 1. The fourth-order valence-electron chi connectivity index (χ4n) is 4.23. The van der Waals surface area contributed by atoms with E-state index in [1.807, 2.05) is 25.3 Å². The van der Waals surface area contributed by atoms with Crippen molar-refractivity contribution in [3.63, 3.8) is 0 Å². The molecule has 1 fully saturated rings. The number of terminal acetylenes is 1. The SMILES string of the molecule is C#CCCN1CCN(c2ncccc2C(C=C)=Nc2cc(OC)cc(CC)c2C(=C)C)CC1. The highest BCUT2D eigenvalue weighted by Crippen LogP contribution is 2.35. The van der Waals surface area contributed by atoms with Crippen LogP contribution < -0.4 is 9.64 Å². The summed E-state index contributed by atoms with van der Waals surface area (Å²) in [6, 6.07) is 8.04. The molecule has 33 heavy (non-hydrogen) atoms. The van der Waals surface area contributed by atoms with Crippen molar-refractivity contribution in [3.8, 4) is 18.1 Å². The number of methoxy groups -OCH3 is 1. The van der Waals surface area contributed by atoms with Gasteiger partial charge in [-0.2, -0.15) is 0 Å². The summed E-state index contributed by atoms with van der Waals surface area (Å²) in [5.74, 6) is 4.45. The van der Waals surface area contributed by atoms with E-state index in [0.717, 1.165) is 85.2 Å². The van der Waals surface area contributed by atoms with Gasteiger partial charge in [0, 0.05) is 62.5 Å². The number of rotatable bonds is 9. The van der Waals surface area contributed by atoms with Crippen molar-refractivity contribution >= 4 is 22.8 Å². The summed E-state index contributed by atoms with van der Waals surface area (Å²) in [5.41, 5.74) is 5.79. The first kappa shape index (κ1) is 24.3. The van der Waals surface area contributed by atoms with Gasteiger partial charge in [0.1, 0.15) is 11.6 Å². The summed E-state index contributed by atoms with van der Waals surface area (Å²) in [7, 11) is 1.68. The lowest BCUT2D eigenvalue weighted by atomic mass is 9.97. The third-order valence-corrected chi connectivity index (χ3v) is 5.96. The molecule has 0 spiro atoms. The number of hydrogen-bond acceptors (Lipinski definition) is 5. The average molecular weight is 443 g/mol. The van der Waals surface area contributed by atoms with E-state index in [2.05, 4.69) is 47.9 Å². The van der Waals surface area contributed by atoms with E-state index in [-0.39, 0.29) is 0 Å². The Morgan fingerprint density at radius 1 is 1.30 bits per heavy atom. The quantitative estimate of drug-likeness (QED) is 0.398. The number of ether oxygens (including phenoxy) is 1. The predicted octanol–water partition coefficient (Wildman–Crippen LogP) is 5.14. The minimum atomic E-state index is 0.783. The van der Waals surface area contributed by atoms with Gasteiger partial charge in [-0.05, 0) is 48.8 Å². The van der Waals surface area contributed by atoms with Crippen LogP contribution in [-0.4, -0.2) is 55.4 Å². The molecule has 0 aliphatic carbocycles. The molecule has 3 rings (SSSR count). The molecule has 0 radical (unpaired) electrons. The molecule has 1 aromatic heterocycles. The molecule has 0 atom stereocenters. The van der Waals surface area contributed by atoms with Crippen LogP contribution in [0.5, 0.6) is 5.75 Å². The van der Waals surface area contributed by atoms with Gasteiger partial charge in [-0.15, -0.1) is 12.3 Å². The standard InChI is InChI=1S/C28H34N4O/c1-7-10-14-31-15-17-32(18-16-31)28-24(12-11-13-29-28)25(9-3)30-26-20-23(33-6)19-22(8-2)27(26)21(4)5/h1,9,11-13,19-20H,3-4,8,10,14-18H2,2,5-6H3. The first-order chi connectivity index (χ1) is 16.0. The van der Waals surface area contributed by atoms with E-state index in [0.29, 0.717) is 0 Å². The van der Waals surface area contributed by atoms with Crippen molar-refractivity contribution in [3.05, 3.63) is 66.4 Å². The summed E-state index contributed by atoms with van der Waals surface area (Å²) < 4.78 is 5.55. The first-order valence-corrected chi connectivity index (χ1v) is 11.5. The molecule has 0 bridgehead atoms. The number of piperazine rings is 1. The van der Waals surface area contributed by atoms with E-state index >= 15 is 0 Å². The molecule has 0 amide bonds. The maximum atomic E-state index is 5.55. The molecule has 0 saturated carbocycles. The Kier molecular flexibility index (Phi) is 8.46. The van der Waals surface area contributed by atoms with Crippen molar-refractivity contribution < 1.29 is 4.74 Å². The largest absolute Gasteiger partial charge is 0.497 e. The fraction of sp³-hybridized carbons (Fsp3) is 0.357. The van der Waals surface area contributed by atoms with Crippen LogP contribution >= 0.6 is 0 Å². The molecule has 1 aromatic carbocycles. The van der Waals surface area contributed by atoms with Gasteiger partial charge < -0.3 is 9.64 Å². The number of nitrogens with zero attached hydrogens (tertiary/aromatic N) is 4. The number of benzene rings is 1. The average Bonchev–Trinajstić information content (AvgIpc) is 2.85. The van der Waals surface area contributed by atoms with Crippen molar-refractivity contribution in [2.24, 2.45) is 4.99 Å². The van der Waals surface area contributed by atoms with E-state index in [4.69, 9.17) is 21.1 Å². The van der Waals surface area contributed by atoms with E-state index < -0.39 is 0 Å². The second kappa shape index (κ2) is 11.5. The molecule has 5 heteroatoms. The van der Waals surface area contributed by atoms with Crippen LogP contribution in [0, 0.1) is 12.3 Å². The Balaban J connectivity index is 2.00. The molecule has 0 unspecified atom stereocenters. The normalized spacial score (nSPS) is 14.6. The van der Waals surface area contributed by atoms with Crippen LogP contribution in [0.4, 0.5) is 11.5 Å². The molecule has 2 aromatic rings. The number of aromatic nitrogens is 1. The number of anilines is 1. The van der Waals surface area contributed by atoms with Crippen molar-refractivity contribution in [2.45, 2.75) is 26.7 Å². The van der Waals surface area contributed by atoms with Gasteiger partial charge in [0.25, 0.3) is 0 Å². The lowest BCUT2D eigenvalue weighted by molar-refractivity contribution is 0.263. The van der Waals surface area contributed by atoms with E-state index in [1.165, 1.54) is 5.56 Å². The van der Waals surface area contributed by atoms with Gasteiger partial charge in [-0.3, -0.25) is 4.90 Å². The second-order valence-electron chi connectivity index (χ2n) is 8.17. The number of aliphatic imine (C=N–C) groups is 1. The highest BCUT2D eigenvalue weighted by molar-refractivity contribution is 6.13. The Labute approximate surface area is 198 Å². The van der Waals surface area contributed by atoms with Gasteiger partial charge in [-0.25, -0.2) is 9.98 Å². The van der Waals surface area contributed by atoms with Crippen molar-refractivity contribution in [2.75, 3.05) is 44.7 Å². The zero-order valence-corrected chi connectivity index (χ0v) is 20.1. The smallest absolute Gasteiger partial charge is 0.138 e. The molecule has 0 N–H and O–H groups in total. The summed E-state index contributed by atoms with van der Waals surface area (Å²) in [6.07, 6.45) is 10.7. The van der Waals surface area contributed by atoms with Gasteiger partial charge in [0.2, 0.25) is 0 Å². The fourth-order valence-corrected chi connectivity index (χ4v) is 4.23. The third kappa shape index (κ3) is 5.71. The minimum absolute atomic E-state index is 0.783. The van der Waals surface area contributed by atoms with Gasteiger partial charge in [-0.1, -0.05) is 20.1 Å². The van der Waals surface area contributed by atoms with Crippen LogP contribution in [0.15, 0.2) is 54.7 Å². The monoisotopic (exact) mass is 442 g/mol. The molecule has 1 saturated heterocycles. The number of pyridine rings is 1. The maximum absolute atomic E-state index is 5.55. The van der Waals surface area contributed by atoms with Crippen LogP contribution in [-0.2, 0) is 6.42 Å². The highest BCUT2D eigenvalue weighted by Gasteiger charge is 2.21. The molecule has 172 valence electrons. The minimum Gasteiger partial charge on any atom is -0.497 e. The van der Waals surface area contributed by atoms with Crippen molar-refractivity contribution in [1.82, 2.24) is 9.88 Å². The summed E-state index contributed by atoms with van der Waals surface area (Å²) in [4.78, 5) is 14.5. The van der Waals surface area contributed by atoms with Gasteiger partial charge >= 0.3 is 0 Å². The maximum Gasteiger partial charge on any atom is 0.138 e. The molecule has 2 heterocycles. The summed E-state index contributed by atoms with van der Waals surface area (Å²) >= 11 is 0. The molecular weight excluding hydrogens is 408 g/mol. The van der Waals surface area contributed by atoms with Crippen LogP contribution in [0.1, 0.15) is 37.0 Å². The zero-order chi connectivity index (χ0) is 23.8. The Bertz CT molecular complexity index is 1070. The Hall–Kier alpha value is -3.36. The Morgan fingerprint density at radius 3 is 2.67 bits per heavy atom. The molecule has 5 nitrogen and oxygen atoms in total. The third-order valence-electron chi connectivity index (χ3n) is 5.96. The summed E-state index contributed by atoms with van der Waals surface area (Å²) in [5, 5.41) is 0. The number of hydrogen-bond donors (Lipinski definition) is 0.